The Bertz CT molecular complexity index is 984. The predicted molar refractivity (Wildman–Crippen MR) is 113 cm³/mol. The maximum Gasteiger partial charge on any atom is 0.255 e. The number of amides is 2. The molecular weight excluding hydrogens is 372 g/mol. The van der Waals surface area contributed by atoms with Crippen molar-refractivity contribution >= 4 is 29.1 Å². The third kappa shape index (κ3) is 5.44. The second-order valence-corrected chi connectivity index (χ2v) is 6.97. The molecule has 0 aliphatic carbocycles. The maximum absolute atomic E-state index is 12.3. The van der Waals surface area contributed by atoms with Gasteiger partial charge in [-0.25, -0.2) is 0 Å². The minimum absolute atomic E-state index is 0.173. The Labute approximate surface area is 169 Å². The minimum atomic E-state index is -0.210. The average molecular weight is 393 g/mol. The fourth-order valence-corrected chi connectivity index (χ4v) is 3.03. The third-order valence-corrected chi connectivity index (χ3v) is 4.51. The van der Waals surface area contributed by atoms with E-state index in [-0.39, 0.29) is 11.8 Å². The highest BCUT2D eigenvalue weighted by Crippen LogP contribution is 2.13. The molecule has 0 aromatic heterocycles. The Morgan fingerprint density at radius 2 is 1.54 bits per heavy atom. The summed E-state index contributed by atoms with van der Waals surface area (Å²) in [7, 11) is 0. The van der Waals surface area contributed by atoms with E-state index in [0.717, 1.165) is 16.8 Å². The lowest BCUT2D eigenvalue weighted by molar-refractivity contribution is 0.0952. The Kier molecular flexibility index (Phi) is 6.45. The molecule has 0 heterocycles. The van der Waals surface area contributed by atoms with E-state index >= 15 is 0 Å². The first-order chi connectivity index (χ1) is 13.5. The summed E-state index contributed by atoms with van der Waals surface area (Å²) in [6, 6.07) is 21.8. The van der Waals surface area contributed by atoms with Gasteiger partial charge in [0.15, 0.2) is 0 Å². The van der Waals surface area contributed by atoms with Crippen LogP contribution in [0.3, 0.4) is 0 Å². The van der Waals surface area contributed by atoms with E-state index in [0.29, 0.717) is 29.1 Å². The number of rotatable bonds is 6. The molecule has 0 atom stereocenters. The van der Waals surface area contributed by atoms with Gasteiger partial charge in [-0.15, -0.1) is 0 Å². The number of halogens is 1. The molecule has 0 spiro atoms. The first-order valence-corrected chi connectivity index (χ1v) is 9.40. The van der Waals surface area contributed by atoms with Crippen LogP contribution in [0.1, 0.15) is 31.8 Å². The molecule has 0 aliphatic rings. The molecule has 0 radical (unpaired) electrons. The monoisotopic (exact) mass is 392 g/mol. The molecule has 0 saturated heterocycles. The van der Waals surface area contributed by atoms with E-state index in [9.17, 15) is 9.59 Å². The Hall–Kier alpha value is -3.11. The van der Waals surface area contributed by atoms with Gasteiger partial charge < -0.3 is 10.6 Å². The maximum atomic E-state index is 12.3. The van der Waals surface area contributed by atoms with E-state index in [1.54, 1.807) is 24.3 Å². The highest BCUT2D eigenvalue weighted by Gasteiger charge is 2.09. The lowest BCUT2D eigenvalue weighted by Crippen LogP contribution is -2.25. The number of carbonyl (C=O) groups is 2. The molecule has 0 bridgehead atoms. The molecule has 3 aromatic carbocycles. The Morgan fingerprint density at radius 1 is 0.857 bits per heavy atom. The van der Waals surface area contributed by atoms with Crippen molar-refractivity contribution in [3.8, 4) is 0 Å². The first-order valence-electron chi connectivity index (χ1n) is 9.02. The number of hydrogen-bond donors (Lipinski definition) is 2. The fourth-order valence-electron chi connectivity index (χ4n) is 2.81. The molecule has 2 amide bonds. The van der Waals surface area contributed by atoms with Crippen molar-refractivity contribution in [1.29, 1.82) is 0 Å². The van der Waals surface area contributed by atoms with Crippen LogP contribution in [0.2, 0.25) is 5.02 Å². The largest absolute Gasteiger partial charge is 0.352 e. The first kappa shape index (κ1) is 19.6. The van der Waals surface area contributed by atoms with Crippen LogP contribution in [0.4, 0.5) is 5.69 Å². The highest BCUT2D eigenvalue weighted by atomic mass is 35.5. The van der Waals surface area contributed by atoms with Crippen LogP contribution in [-0.2, 0) is 6.42 Å². The second-order valence-electron chi connectivity index (χ2n) is 6.54. The van der Waals surface area contributed by atoms with Crippen molar-refractivity contribution in [1.82, 2.24) is 5.32 Å². The minimum Gasteiger partial charge on any atom is -0.352 e. The van der Waals surface area contributed by atoms with Crippen LogP contribution in [0, 0.1) is 6.92 Å². The molecule has 2 N–H and O–H groups in total. The topological polar surface area (TPSA) is 58.2 Å². The molecular formula is C23H21ClN2O2. The quantitative estimate of drug-likeness (QED) is 0.628. The number of benzene rings is 3. The Balaban J connectivity index is 1.54. The summed E-state index contributed by atoms with van der Waals surface area (Å²) >= 11 is 5.96. The van der Waals surface area contributed by atoms with Gasteiger partial charge in [-0.05, 0) is 73.0 Å². The van der Waals surface area contributed by atoms with Gasteiger partial charge in [0.1, 0.15) is 0 Å². The molecule has 4 nitrogen and oxygen atoms in total. The summed E-state index contributed by atoms with van der Waals surface area (Å²) in [5.41, 5.74) is 3.89. The number of aryl methyl sites for hydroxylation is 1. The molecule has 3 rings (SSSR count). The SMILES string of the molecule is Cc1cccc(NC(=O)c2ccc(C(=O)NCCc3cccc(Cl)c3)cc2)c1. The van der Waals surface area contributed by atoms with Crippen molar-refractivity contribution in [2.24, 2.45) is 0 Å². The number of carbonyl (C=O) groups excluding carboxylic acids is 2. The summed E-state index contributed by atoms with van der Waals surface area (Å²) in [5.74, 6) is -0.383. The van der Waals surface area contributed by atoms with Crippen LogP contribution >= 0.6 is 11.6 Å². The summed E-state index contributed by atoms with van der Waals surface area (Å²) in [6.45, 7) is 2.48. The van der Waals surface area contributed by atoms with Gasteiger partial charge in [0.25, 0.3) is 11.8 Å². The molecule has 142 valence electrons. The van der Waals surface area contributed by atoms with Crippen molar-refractivity contribution in [2.75, 3.05) is 11.9 Å². The van der Waals surface area contributed by atoms with E-state index in [1.165, 1.54) is 0 Å². The zero-order valence-electron chi connectivity index (χ0n) is 15.5. The normalized spacial score (nSPS) is 10.4. The van der Waals surface area contributed by atoms with Gasteiger partial charge in [0, 0.05) is 28.4 Å². The number of hydrogen-bond acceptors (Lipinski definition) is 2. The van der Waals surface area contributed by atoms with Gasteiger partial charge in [0.2, 0.25) is 0 Å². The van der Waals surface area contributed by atoms with Crippen LogP contribution in [0.5, 0.6) is 0 Å². The van der Waals surface area contributed by atoms with E-state index in [1.807, 2.05) is 55.5 Å². The summed E-state index contributed by atoms with van der Waals surface area (Å²) in [5, 5.41) is 6.42. The predicted octanol–water partition coefficient (Wildman–Crippen LogP) is 4.87. The van der Waals surface area contributed by atoms with E-state index in [4.69, 9.17) is 11.6 Å². The molecule has 3 aromatic rings. The molecule has 0 unspecified atom stereocenters. The highest BCUT2D eigenvalue weighted by molar-refractivity contribution is 6.30. The van der Waals surface area contributed by atoms with Crippen molar-refractivity contribution in [3.05, 3.63) is 100 Å². The van der Waals surface area contributed by atoms with Crippen molar-refractivity contribution in [2.45, 2.75) is 13.3 Å². The van der Waals surface area contributed by atoms with Crippen molar-refractivity contribution in [3.63, 3.8) is 0 Å². The van der Waals surface area contributed by atoms with Crippen LogP contribution in [0.15, 0.2) is 72.8 Å². The molecule has 0 saturated carbocycles. The smallest absolute Gasteiger partial charge is 0.255 e. The van der Waals surface area contributed by atoms with E-state index < -0.39 is 0 Å². The summed E-state index contributed by atoms with van der Waals surface area (Å²) in [4.78, 5) is 24.6. The van der Waals surface area contributed by atoms with Gasteiger partial charge in [-0.1, -0.05) is 35.9 Å². The van der Waals surface area contributed by atoms with Crippen LogP contribution < -0.4 is 10.6 Å². The van der Waals surface area contributed by atoms with Gasteiger partial charge in [-0.3, -0.25) is 9.59 Å². The Morgan fingerprint density at radius 3 is 2.21 bits per heavy atom. The second kappa shape index (κ2) is 9.20. The van der Waals surface area contributed by atoms with Crippen molar-refractivity contribution < 1.29 is 9.59 Å². The summed E-state index contributed by atoms with van der Waals surface area (Å²) < 4.78 is 0. The fraction of sp³-hybridized carbons (Fsp3) is 0.130. The zero-order valence-corrected chi connectivity index (χ0v) is 16.3. The molecule has 28 heavy (non-hydrogen) atoms. The van der Waals surface area contributed by atoms with Crippen LogP contribution in [-0.4, -0.2) is 18.4 Å². The third-order valence-electron chi connectivity index (χ3n) is 4.27. The molecule has 0 aliphatic heterocycles. The lowest BCUT2D eigenvalue weighted by atomic mass is 10.1. The summed E-state index contributed by atoms with van der Waals surface area (Å²) in [6.07, 6.45) is 0.698. The standard InChI is InChI=1S/C23H21ClN2O2/c1-16-4-2-7-21(14-16)26-23(28)19-10-8-18(9-11-19)22(27)25-13-12-17-5-3-6-20(24)15-17/h2-11,14-15H,12-13H2,1H3,(H,25,27)(H,26,28). The van der Waals surface area contributed by atoms with Gasteiger partial charge >= 0.3 is 0 Å². The van der Waals surface area contributed by atoms with Gasteiger partial charge in [0.05, 0.1) is 0 Å². The van der Waals surface area contributed by atoms with Gasteiger partial charge in [-0.2, -0.15) is 0 Å². The zero-order chi connectivity index (χ0) is 19.9. The number of nitrogens with one attached hydrogen (secondary N) is 2. The molecule has 0 fully saturated rings. The number of anilines is 1. The van der Waals surface area contributed by atoms with E-state index in [2.05, 4.69) is 10.6 Å². The van der Waals surface area contributed by atoms with Crippen LogP contribution in [0.25, 0.3) is 0 Å². The lowest BCUT2D eigenvalue weighted by Gasteiger charge is -2.08. The average Bonchev–Trinajstić information content (AvgIpc) is 2.68. The molecule has 5 heteroatoms.